The van der Waals surface area contributed by atoms with Gasteiger partial charge in [-0.2, -0.15) is 0 Å². The summed E-state index contributed by atoms with van der Waals surface area (Å²) < 4.78 is 34.0. The first-order valence-corrected chi connectivity index (χ1v) is 9.00. The molecule has 128 valence electrons. The Morgan fingerprint density at radius 3 is 2.25 bits per heavy atom. The number of methoxy groups -OCH3 is 1. The van der Waals surface area contributed by atoms with E-state index in [1.165, 1.54) is 19.2 Å². The maximum atomic E-state index is 11.9. The van der Waals surface area contributed by atoms with Gasteiger partial charge in [-0.25, -0.2) is 8.42 Å². The number of amides is 1. The van der Waals surface area contributed by atoms with Crippen LogP contribution in [0.25, 0.3) is 0 Å². The summed E-state index contributed by atoms with van der Waals surface area (Å²) in [6.45, 7) is 1.40. The van der Waals surface area contributed by atoms with Crippen molar-refractivity contribution in [2.24, 2.45) is 0 Å². The molecule has 0 bridgehead atoms. The quantitative estimate of drug-likeness (QED) is 0.830. The maximum Gasteiger partial charge on any atom is 0.262 e. The summed E-state index contributed by atoms with van der Waals surface area (Å²) in [5, 5.41) is 2.65. The Balaban J connectivity index is 1.95. The lowest BCUT2D eigenvalue weighted by Crippen LogP contribution is -2.20. The molecule has 0 unspecified atom stereocenters. The lowest BCUT2D eigenvalue weighted by Gasteiger charge is -2.10. The second kappa shape index (κ2) is 7.83. The summed E-state index contributed by atoms with van der Waals surface area (Å²) >= 11 is 0. The molecule has 2 aromatic carbocycles. The minimum atomic E-state index is -3.25. The first-order valence-electron chi connectivity index (χ1n) is 7.34. The fourth-order valence-corrected chi connectivity index (χ4v) is 2.87. The number of hydrogen-bond acceptors (Lipinski definition) is 5. The molecule has 0 saturated heterocycles. The summed E-state index contributed by atoms with van der Waals surface area (Å²) in [6, 6.07) is 13.1. The van der Waals surface area contributed by atoms with E-state index >= 15 is 0 Å². The van der Waals surface area contributed by atoms with Crippen molar-refractivity contribution in [1.29, 1.82) is 0 Å². The molecule has 1 amide bonds. The molecule has 0 atom stereocenters. The molecule has 0 spiro atoms. The molecule has 0 heterocycles. The van der Waals surface area contributed by atoms with Crippen LogP contribution in [0.3, 0.4) is 0 Å². The Kier molecular flexibility index (Phi) is 5.81. The molecular weight excluding hydrogens is 330 g/mol. The minimum absolute atomic E-state index is 0.0332. The van der Waals surface area contributed by atoms with Crippen LogP contribution in [0.15, 0.2) is 53.4 Å². The number of para-hydroxylation sites is 2. The molecule has 2 aromatic rings. The highest BCUT2D eigenvalue weighted by Gasteiger charge is 2.12. The second-order valence-corrected chi connectivity index (χ2v) is 7.19. The molecule has 0 saturated carbocycles. The van der Waals surface area contributed by atoms with Crippen LogP contribution < -0.4 is 14.8 Å². The van der Waals surface area contributed by atoms with E-state index in [-0.39, 0.29) is 23.2 Å². The van der Waals surface area contributed by atoms with Gasteiger partial charge in [0, 0.05) is 5.69 Å². The lowest BCUT2D eigenvalue weighted by molar-refractivity contribution is -0.118. The van der Waals surface area contributed by atoms with Crippen LogP contribution in [0, 0.1) is 0 Å². The van der Waals surface area contributed by atoms with Crippen LogP contribution in [0.4, 0.5) is 5.69 Å². The average Bonchev–Trinajstić information content (AvgIpc) is 2.60. The van der Waals surface area contributed by atoms with E-state index in [0.717, 1.165) is 0 Å². The van der Waals surface area contributed by atoms with Crippen LogP contribution in [-0.4, -0.2) is 33.8 Å². The van der Waals surface area contributed by atoms with E-state index in [1.54, 1.807) is 43.3 Å². The third-order valence-corrected chi connectivity index (χ3v) is 5.06. The Morgan fingerprint density at radius 2 is 1.67 bits per heavy atom. The third kappa shape index (κ3) is 4.48. The number of rotatable bonds is 7. The molecule has 1 N–H and O–H groups in total. The van der Waals surface area contributed by atoms with Crippen LogP contribution in [0.2, 0.25) is 0 Å². The number of carbonyl (C=O) groups excluding carboxylic acids is 1. The zero-order valence-electron chi connectivity index (χ0n) is 13.5. The average molecular weight is 349 g/mol. The number of anilines is 1. The summed E-state index contributed by atoms with van der Waals surface area (Å²) in [6.07, 6.45) is 0. The first-order chi connectivity index (χ1) is 11.5. The van der Waals surface area contributed by atoms with Gasteiger partial charge in [0.05, 0.1) is 17.8 Å². The van der Waals surface area contributed by atoms with Crippen LogP contribution >= 0.6 is 0 Å². The molecule has 0 aliphatic rings. The van der Waals surface area contributed by atoms with Crippen molar-refractivity contribution in [1.82, 2.24) is 0 Å². The third-order valence-electron chi connectivity index (χ3n) is 3.31. The van der Waals surface area contributed by atoms with Crippen molar-refractivity contribution in [2.75, 3.05) is 24.8 Å². The molecular formula is C17H19NO5S. The topological polar surface area (TPSA) is 81.7 Å². The smallest absolute Gasteiger partial charge is 0.262 e. The Labute approximate surface area is 141 Å². The Morgan fingerprint density at radius 1 is 1.04 bits per heavy atom. The van der Waals surface area contributed by atoms with Gasteiger partial charge in [0.1, 0.15) is 0 Å². The van der Waals surface area contributed by atoms with Gasteiger partial charge in [-0.05, 0) is 36.4 Å². The number of sulfone groups is 1. The van der Waals surface area contributed by atoms with Crippen LogP contribution in [0.1, 0.15) is 6.92 Å². The maximum absolute atomic E-state index is 11.9. The van der Waals surface area contributed by atoms with Gasteiger partial charge < -0.3 is 14.8 Å². The highest BCUT2D eigenvalue weighted by Crippen LogP contribution is 2.25. The fraction of sp³-hybridized carbons (Fsp3) is 0.235. The van der Waals surface area contributed by atoms with Gasteiger partial charge in [0.25, 0.3) is 5.91 Å². The van der Waals surface area contributed by atoms with Gasteiger partial charge >= 0.3 is 0 Å². The number of carbonyl (C=O) groups is 1. The molecule has 24 heavy (non-hydrogen) atoms. The number of benzene rings is 2. The van der Waals surface area contributed by atoms with Gasteiger partial charge in [-0.1, -0.05) is 19.1 Å². The van der Waals surface area contributed by atoms with Gasteiger partial charge in [-0.15, -0.1) is 0 Å². The zero-order valence-corrected chi connectivity index (χ0v) is 14.3. The summed E-state index contributed by atoms with van der Waals surface area (Å²) in [5.74, 6) is 0.691. The monoisotopic (exact) mass is 349 g/mol. The molecule has 0 radical (unpaired) electrons. The van der Waals surface area contributed by atoms with Crippen molar-refractivity contribution in [3.63, 3.8) is 0 Å². The van der Waals surface area contributed by atoms with E-state index in [9.17, 15) is 13.2 Å². The largest absolute Gasteiger partial charge is 0.493 e. The standard InChI is InChI=1S/C17H19NO5S/c1-3-24(20,21)14-10-8-13(9-11-14)18-17(19)12-23-16-7-5-4-6-15(16)22-2/h4-11H,3,12H2,1-2H3,(H,18,19). The van der Waals surface area contributed by atoms with Crippen LogP contribution in [0.5, 0.6) is 11.5 Å². The lowest BCUT2D eigenvalue weighted by atomic mass is 10.3. The van der Waals surface area contributed by atoms with E-state index < -0.39 is 9.84 Å². The van der Waals surface area contributed by atoms with E-state index in [4.69, 9.17) is 9.47 Å². The predicted molar refractivity (Wildman–Crippen MR) is 91.3 cm³/mol. The number of hydrogen-bond donors (Lipinski definition) is 1. The number of ether oxygens (including phenoxy) is 2. The van der Waals surface area contributed by atoms with E-state index in [1.807, 2.05) is 0 Å². The molecule has 0 aliphatic carbocycles. The van der Waals surface area contributed by atoms with E-state index in [2.05, 4.69) is 5.32 Å². The van der Waals surface area contributed by atoms with Crippen molar-refractivity contribution < 1.29 is 22.7 Å². The van der Waals surface area contributed by atoms with E-state index in [0.29, 0.717) is 17.2 Å². The summed E-state index contributed by atoms with van der Waals surface area (Å²) in [7, 11) is -1.73. The molecule has 2 rings (SSSR count). The molecule has 0 aromatic heterocycles. The molecule has 0 aliphatic heterocycles. The highest BCUT2D eigenvalue weighted by molar-refractivity contribution is 7.91. The summed E-state index contributed by atoms with van der Waals surface area (Å²) in [4.78, 5) is 12.2. The molecule has 7 heteroatoms. The molecule has 6 nitrogen and oxygen atoms in total. The van der Waals surface area contributed by atoms with Crippen molar-refractivity contribution in [3.05, 3.63) is 48.5 Å². The van der Waals surface area contributed by atoms with Crippen molar-refractivity contribution in [3.8, 4) is 11.5 Å². The van der Waals surface area contributed by atoms with Crippen molar-refractivity contribution >= 4 is 21.4 Å². The van der Waals surface area contributed by atoms with Gasteiger partial charge in [0.2, 0.25) is 0 Å². The first kappa shape index (κ1) is 17.8. The normalized spacial score (nSPS) is 10.9. The highest BCUT2D eigenvalue weighted by atomic mass is 32.2. The molecule has 0 fully saturated rings. The Hall–Kier alpha value is -2.54. The van der Waals surface area contributed by atoms with Gasteiger partial charge in [-0.3, -0.25) is 4.79 Å². The van der Waals surface area contributed by atoms with Crippen LogP contribution in [-0.2, 0) is 14.6 Å². The zero-order chi connectivity index (χ0) is 17.6. The van der Waals surface area contributed by atoms with Gasteiger partial charge in [0.15, 0.2) is 27.9 Å². The van der Waals surface area contributed by atoms with Crippen molar-refractivity contribution in [2.45, 2.75) is 11.8 Å². The SMILES string of the molecule is CCS(=O)(=O)c1ccc(NC(=O)COc2ccccc2OC)cc1. The number of nitrogens with one attached hydrogen (secondary N) is 1. The minimum Gasteiger partial charge on any atom is -0.493 e. The Bertz CT molecular complexity index is 800. The fourth-order valence-electron chi connectivity index (χ4n) is 1.99. The predicted octanol–water partition coefficient (Wildman–Crippen LogP) is 2.51. The summed E-state index contributed by atoms with van der Waals surface area (Å²) in [5.41, 5.74) is 0.499. The second-order valence-electron chi connectivity index (χ2n) is 4.92.